The number of carbonyl (C=O) groups is 2. The number of carboxylic acid groups (broad SMARTS) is 2. The summed E-state index contributed by atoms with van der Waals surface area (Å²) >= 11 is 0. The van der Waals surface area contributed by atoms with E-state index in [-0.39, 0.29) is 13.0 Å². The Morgan fingerprint density at radius 1 is 1.21 bits per heavy atom. The lowest BCUT2D eigenvalue weighted by Gasteiger charge is -2.17. The number of ether oxygens (including phenoxy) is 1. The van der Waals surface area contributed by atoms with E-state index in [1.54, 1.807) is 11.7 Å². The molecule has 1 aliphatic heterocycles. The first-order chi connectivity index (χ1) is 13.9. The molecule has 1 fully saturated rings. The smallest absolute Gasteiger partial charge is 0.408 e. The third kappa shape index (κ3) is 3.08. The Labute approximate surface area is 165 Å². The lowest BCUT2D eigenvalue weighted by atomic mass is 10.1. The summed E-state index contributed by atoms with van der Waals surface area (Å²) in [6.07, 6.45) is 2.04. The first-order valence-corrected chi connectivity index (χ1v) is 8.88. The minimum Gasteiger partial charge on any atom is -0.497 e. The molecule has 1 aliphatic rings. The average Bonchev–Trinajstić information content (AvgIpc) is 3.31. The maximum atomic E-state index is 11.5. The lowest BCUT2D eigenvalue weighted by molar-refractivity contribution is -0.141. The summed E-state index contributed by atoms with van der Waals surface area (Å²) in [4.78, 5) is 32.4. The number of aliphatic carboxylic acids is 1. The van der Waals surface area contributed by atoms with Gasteiger partial charge in [0.1, 0.15) is 29.6 Å². The number of aromatic nitrogens is 3. The predicted molar refractivity (Wildman–Crippen MR) is 104 cm³/mol. The van der Waals surface area contributed by atoms with Crippen LogP contribution in [-0.2, 0) is 4.79 Å². The Morgan fingerprint density at radius 3 is 2.52 bits per heavy atom. The van der Waals surface area contributed by atoms with E-state index in [0.717, 1.165) is 16.0 Å². The van der Waals surface area contributed by atoms with Gasteiger partial charge in [0.15, 0.2) is 0 Å². The van der Waals surface area contributed by atoms with E-state index in [2.05, 4.69) is 9.97 Å². The molecule has 4 N–H and O–H groups in total. The Morgan fingerprint density at radius 2 is 1.93 bits per heavy atom. The molecule has 4 rings (SSSR count). The molecule has 150 valence electrons. The summed E-state index contributed by atoms with van der Waals surface area (Å²) in [6, 6.07) is 5.89. The fourth-order valence-corrected chi connectivity index (χ4v) is 3.84. The second-order valence-electron chi connectivity index (χ2n) is 6.81. The molecule has 1 amide bonds. The van der Waals surface area contributed by atoms with Gasteiger partial charge in [-0.15, -0.1) is 0 Å². The number of hydrogen-bond donors (Lipinski definition) is 3. The number of methoxy groups -OCH3 is 1. The molecular weight excluding hydrogens is 378 g/mol. The van der Waals surface area contributed by atoms with Crippen molar-refractivity contribution < 1.29 is 24.5 Å². The van der Waals surface area contributed by atoms with Gasteiger partial charge in [0.2, 0.25) is 0 Å². The predicted octanol–water partition coefficient (Wildman–Crippen LogP) is 2.07. The molecule has 3 aromatic rings. The molecular formula is C19H19N5O5. The summed E-state index contributed by atoms with van der Waals surface area (Å²) in [5.41, 5.74) is 8.30. The van der Waals surface area contributed by atoms with Crippen molar-refractivity contribution in [2.45, 2.75) is 18.5 Å². The topological polar surface area (TPSA) is 144 Å². The average molecular weight is 397 g/mol. The van der Waals surface area contributed by atoms with Gasteiger partial charge in [-0.2, -0.15) is 0 Å². The number of amides is 1. The molecule has 10 nitrogen and oxygen atoms in total. The van der Waals surface area contributed by atoms with Crippen molar-refractivity contribution in [2.75, 3.05) is 19.4 Å². The summed E-state index contributed by atoms with van der Waals surface area (Å²) < 4.78 is 7.00. The fourth-order valence-electron chi connectivity index (χ4n) is 3.84. The number of likely N-dealkylation sites (tertiary alicyclic amines) is 1. The first kappa shape index (κ1) is 18.5. The second-order valence-corrected chi connectivity index (χ2v) is 6.81. The SMILES string of the molecule is COc1ccc(-c2cn(C3CC(C(=O)O)N(C(=O)O)C3)c3ncnc(N)c23)cc1. The number of rotatable bonds is 4. The van der Waals surface area contributed by atoms with Crippen molar-refractivity contribution >= 4 is 28.9 Å². The van der Waals surface area contributed by atoms with Crippen LogP contribution in [0.25, 0.3) is 22.2 Å². The molecule has 2 atom stereocenters. The van der Waals surface area contributed by atoms with Crippen molar-refractivity contribution in [1.82, 2.24) is 19.4 Å². The molecule has 2 aromatic heterocycles. The van der Waals surface area contributed by atoms with Gasteiger partial charge in [-0.1, -0.05) is 12.1 Å². The van der Waals surface area contributed by atoms with Crippen LogP contribution >= 0.6 is 0 Å². The van der Waals surface area contributed by atoms with E-state index in [1.165, 1.54) is 6.33 Å². The number of hydrogen-bond acceptors (Lipinski definition) is 6. The van der Waals surface area contributed by atoms with Crippen LogP contribution in [0.4, 0.5) is 10.6 Å². The number of nitrogens with zero attached hydrogens (tertiary/aromatic N) is 4. The molecule has 10 heteroatoms. The molecule has 1 saturated heterocycles. The molecule has 0 spiro atoms. The van der Waals surface area contributed by atoms with E-state index in [4.69, 9.17) is 10.5 Å². The van der Waals surface area contributed by atoms with Crippen molar-refractivity contribution in [2.24, 2.45) is 0 Å². The van der Waals surface area contributed by atoms with Gasteiger partial charge >= 0.3 is 12.1 Å². The Kier molecular flexibility index (Phi) is 4.45. The van der Waals surface area contributed by atoms with Crippen LogP contribution < -0.4 is 10.5 Å². The monoisotopic (exact) mass is 397 g/mol. The van der Waals surface area contributed by atoms with Crippen LogP contribution in [0.15, 0.2) is 36.8 Å². The van der Waals surface area contributed by atoms with Crippen molar-refractivity contribution in [3.63, 3.8) is 0 Å². The largest absolute Gasteiger partial charge is 0.497 e. The summed E-state index contributed by atoms with van der Waals surface area (Å²) in [6.45, 7) is 0.0437. The zero-order chi connectivity index (χ0) is 20.7. The van der Waals surface area contributed by atoms with Gasteiger partial charge in [-0.05, 0) is 17.7 Å². The number of nitrogens with two attached hydrogens (primary N) is 1. The van der Waals surface area contributed by atoms with Crippen molar-refractivity contribution in [1.29, 1.82) is 0 Å². The molecule has 29 heavy (non-hydrogen) atoms. The minimum absolute atomic E-state index is 0.0437. The first-order valence-electron chi connectivity index (χ1n) is 8.88. The number of benzene rings is 1. The summed E-state index contributed by atoms with van der Waals surface area (Å²) in [5, 5.41) is 19.4. The van der Waals surface area contributed by atoms with E-state index < -0.39 is 24.1 Å². The zero-order valence-electron chi connectivity index (χ0n) is 15.5. The number of nitrogen functional groups attached to an aromatic ring is 1. The molecule has 0 saturated carbocycles. The second kappa shape index (κ2) is 6.97. The highest BCUT2D eigenvalue weighted by Crippen LogP contribution is 2.38. The number of anilines is 1. The van der Waals surface area contributed by atoms with E-state index in [0.29, 0.717) is 22.6 Å². The van der Waals surface area contributed by atoms with E-state index in [9.17, 15) is 19.8 Å². The summed E-state index contributed by atoms with van der Waals surface area (Å²) in [7, 11) is 1.58. The highest BCUT2D eigenvalue weighted by atomic mass is 16.5. The van der Waals surface area contributed by atoms with Crippen LogP contribution in [0.2, 0.25) is 0 Å². The number of fused-ring (bicyclic) bond motifs is 1. The van der Waals surface area contributed by atoms with Gasteiger partial charge < -0.3 is 25.3 Å². The maximum Gasteiger partial charge on any atom is 0.408 e. The third-order valence-corrected chi connectivity index (χ3v) is 5.24. The molecule has 0 aliphatic carbocycles. The van der Waals surface area contributed by atoms with Gasteiger partial charge in [-0.3, -0.25) is 4.90 Å². The zero-order valence-corrected chi connectivity index (χ0v) is 15.5. The third-order valence-electron chi connectivity index (χ3n) is 5.24. The van der Waals surface area contributed by atoms with Gasteiger partial charge in [0.05, 0.1) is 18.5 Å². The highest BCUT2D eigenvalue weighted by molar-refractivity contribution is 6.00. The summed E-state index contributed by atoms with van der Waals surface area (Å²) in [5.74, 6) is -0.169. The van der Waals surface area contributed by atoms with Crippen molar-refractivity contribution in [3.8, 4) is 16.9 Å². The quantitative estimate of drug-likeness (QED) is 0.607. The molecule has 1 aromatic carbocycles. The molecule has 2 unspecified atom stereocenters. The van der Waals surface area contributed by atoms with Crippen LogP contribution in [0.3, 0.4) is 0 Å². The van der Waals surface area contributed by atoms with Gasteiger partial charge in [0.25, 0.3) is 0 Å². The van der Waals surface area contributed by atoms with Crippen LogP contribution in [-0.4, -0.2) is 61.4 Å². The molecule has 3 heterocycles. The normalized spacial score (nSPS) is 18.9. The Balaban J connectivity index is 1.83. The van der Waals surface area contributed by atoms with Crippen LogP contribution in [0, 0.1) is 0 Å². The highest BCUT2D eigenvalue weighted by Gasteiger charge is 2.41. The standard InChI is InChI=1S/C19H19N5O5/c1-29-12-4-2-10(3-5-12)13-8-23(17-15(13)16(20)21-9-22-17)11-6-14(18(25)26)24(7-11)19(27)28/h2-5,8-9,11,14H,6-7H2,1H3,(H,25,26)(H,27,28)(H2,20,21,22). The maximum absolute atomic E-state index is 11.5. The van der Waals surface area contributed by atoms with Crippen LogP contribution in [0.1, 0.15) is 12.5 Å². The fraction of sp³-hybridized carbons (Fsp3) is 0.263. The molecule has 0 radical (unpaired) electrons. The number of carboxylic acids is 1. The van der Waals surface area contributed by atoms with E-state index in [1.807, 2.05) is 30.5 Å². The Hall–Kier alpha value is -3.82. The van der Waals surface area contributed by atoms with Gasteiger partial charge in [0, 0.05) is 24.7 Å². The van der Waals surface area contributed by atoms with Crippen LogP contribution in [0.5, 0.6) is 5.75 Å². The van der Waals surface area contributed by atoms with E-state index >= 15 is 0 Å². The molecule has 0 bridgehead atoms. The Bertz CT molecular complexity index is 1070. The van der Waals surface area contributed by atoms with Crippen molar-refractivity contribution in [3.05, 3.63) is 36.8 Å². The van der Waals surface area contributed by atoms with Gasteiger partial charge in [-0.25, -0.2) is 19.6 Å². The lowest BCUT2D eigenvalue weighted by Crippen LogP contribution is -2.39. The minimum atomic E-state index is -1.26.